The summed E-state index contributed by atoms with van der Waals surface area (Å²) in [5, 5.41) is 10.6. The number of amides is 1. The van der Waals surface area contributed by atoms with Crippen LogP contribution in [0.3, 0.4) is 0 Å². The topological polar surface area (TPSA) is 97.8 Å². The van der Waals surface area contributed by atoms with Gasteiger partial charge in [-0.1, -0.05) is 17.7 Å². The van der Waals surface area contributed by atoms with Crippen LogP contribution in [-0.2, 0) is 29.2 Å². The van der Waals surface area contributed by atoms with Crippen molar-refractivity contribution in [1.82, 2.24) is 9.47 Å². The number of likely N-dealkylation sites (tertiary alicyclic amines) is 1. The molecule has 4 rings (SSSR count). The zero-order valence-electron chi connectivity index (χ0n) is 18.0. The van der Waals surface area contributed by atoms with Crippen molar-refractivity contribution in [2.24, 2.45) is 5.73 Å². The lowest BCUT2D eigenvalue weighted by atomic mass is 10.1. The van der Waals surface area contributed by atoms with E-state index in [2.05, 4.69) is 0 Å². The number of rotatable bonds is 8. The first-order valence-corrected chi connectivity index (χ1v) is 11.2. The number of benzene rings is 2. The number of carbonyl (C=O) groups is 2. The number of hydrogen-bond acceptors (Lipinski definition) is 4. The van der Waals surface area contributed by atoms with Gasteiger partial charge < -0.3 is 25.0 Å². The molecule has 1 amide bonds. The number of nitrogens with two attached hydrogens (primary N) is 1. The van der Waals surface area contributed by atoms with Crippen LogP contribution in [-0.4, -0.2) is 45.6 Å². The second-order valence-electron chi connectivity index (χ2n) is 8.11. The Labute approximate surface area is 195 Å². The third-order valence-corrected chi connectivity index (χ3v) is 6.27. The first kappa shape index (κ1) is 23.1. The molecule has 174 valence electrons. The summed E-state index contributed by atoms with van der Waals surface area (Å²) in [4.78, 5) is 25.8. The van der Waals surface area contributed by atoms with Crippen molar-refractivity contribution in [2.75, 3.05) is 13.1 Å². The fourth-order valence-electron chi connectivity index (χ4n) is 4.28. The van der Waals surface area contributed by atoms with E-state index in [1.54, 1.807) is 12.1 Å². The molecule has 3 aromatic rings. The van der Waals surface area contributed by atoms with Crippen LogP contribution >= 0.6 is 11.6 Å². The quantitative estimate of drug-likeness (QED) is 0.521. The van der Waals surface area contributed by atoms with Crippen LogP contribution in [0.4, 0.5) is 4.39 Å². The number of halogens is 2. The van der Waals surface area contributed by atoms with Crippen LogP contribution < -0.4 is 10.5 Å². The Kier molecular flexibility index (Phi) is 6.85. The molecule has 9 heteroatoms. The standard InChI is InChI=1S/C24H25ClFN3O4/c25-20-10-17(26)4-3-16(20)14-33-18-5-6-21-19(11-18)15(7-8-27)12-28(21)13-23(30)29-9-1-2-22(29)24(31)32/h3-6,10-12,22H,1-2,7-9,13-14,27H2,(H,31,32)/t22-/m0/s1. The smallest absolute Gasteiger partial charge is 0.326 e. The van der Waals surface area contributed by atoms with E-state index < -0.39 is 17.8 Å². The molecule has 1 fully saturated rings. The lowest BCUT2D eigenvalue weighted by molar-refractivity contribution is -0.148. The van der Waals surface area contributed by atoms with E-state index in [1.807, 2.05) is 22.9 Å². The molecule has 0 radical (unpaired) electrons. The molecule has 1 aromatic heterocycles. The maximum absolute atomic E-state index is 13.3. The minimum absolute atomic E-state index is 0.0518. The van der Waals surface area contributed by atoms with Crippen molar-refractivity contribution < 1.29 is 23.8 Å². The molecule has 0 saturated carbocycles. The maximum Gasteiger partial charge on any atom is 0.326 e. The summed E-state index contributed by atoms with van der Waals surface area (Å²) < 4.78 is 21.0. The Morgan fingerprint density at radius 2 is 2.03 bits per heavy atom. The highest BCUT2D eigenvalue weighted by atomic mass is 35.5. The van der Waals surface area contributed by atoms with Gasteiger partial charge in [0.25, 0.3) is 0 Å². The van der Waals surface area contributed by atoms with E-state index in [0.717, 1.165) is 16.5 Å². The summed E-state index contributed by atoms with van der Waals surface area (Å²) in [6, 6.07) is 8.94. The fourth-order valence-corrected chi connectivity index (χ4v) is 4.51. The van der Waals surface area contributed by atoms with E-state index in [4.69, 9.17) is 22.1 Å². The largest absolute Gasteiger partial charge is 0.489 e. The van der Waals surface area contributed by atoms with Crippen molar-refractivity contribution in [3.8, 4) is 5.75 Å². The van der Waals surface area contributed by atoms with Crippen LogP contribution in [0.25, 0.3) is 10.9 Å². The van der Waals surface area contributed by atoms with Crippen LogP contribution in [0.2, 0.25) is 5.02 Å². The van der Waals surface area contributed by atoms with Gasteiger partial charge in [-0.15, -0.1) is 0 Å². The predicted octanol–water partition coefficient (Wildman–Crippen LogP) is 3.59. The molecule has 2 heterocycles. The average molecular weight is 474 g/mol. The van der Waals surface area contributed by atoms with E-state index >= 15 is 0 Å². The predicted molar refractivity (Wildman–Crippen MR) is 123 cm³/mol. The van der Waals surface area contributed by atoms with Gasteiger partial charge in [0, 0.05) is 29.2 Å². The minimum Gasteiger partial charge on any atom is -0.489 e. The molecule has 0 spiro atoms. The summed E-state index contributed by atoms with van der Waals surface area (Å²) in [6.07, 6.45) is 3.67. The molecule has 7 nitrogen and oxygen atoms in total. The zero-order chi connectivity index (χ0) is 23.5. The number of carboxylic acid groups (broad SMARTS) is 1. The molecule has 0 unspecified atom stereocenters. The molecular weight excluding hydrogens is 449 g/mol. The van der Waals surface area contributed by atoms with Crippen molar-refractivity contribution in [2.45, 2.75) is 38.5 Å². The summed E-state index contributed by atoms with van der Waals surface area (Å²) in [6.45, 7) is 1.13. The van der Waals surface area contributed by atoms with E-state index in [1.165, 1.54) is 17.0 Å². The van der Waals surface area contributed by atoms with Crippen LogP contribution in [0.5, 0.6) is 5.75 Å². The Balaban J connectivity index is 1.56. The number of carboxylic acids is 1. The summed E-state index contributed by atoms with van der Waals surface area (Å²) in [5.74, 6) is -0.987. The van der Waals surface area contributed by atoms with E-state index in [0.29, 0.717) is 48.7 Å². The number of nitrogens with zero attached hydrogens (tertiary/aromatic N) is 2. The minimum atomic E-state index is -0.968. The monoisotopic (exact) mass is 473 g/mol. The van der Waals surface area contributed by atoms with Gasteiger partial charge in [-0.2, -0.15) is 0 Å². The second-order valence-corrected chi connectivity index (χ2v) is 8.51. The zero-order valence-corrected chi connectivity index (χ0v) is 18.7. The second kappa shape index (κ2) is 9.80. The summed E-state index contributed by atoms with van der Waals surface area (Å²) in [7, 11) is 0. The molecule has 1 saturated heterocycles. The highest BCUT2D eigenvalue weighted by Gasteiger charge is 2.34. The Morgan fingerprint density at radius 1 is 1.21 bits per heavy atom. The number of ether oxygens (including phenoxy) is 1. The molecule has 3 N–H and O–H groups in total. The van der Waals surface area contributed by atoms with Gasteiger partial charge in [-0.3, -0.25) is 4.79 Å². The highest BCUT2D eigenvalue weighted by Crippen LogP contribution is 2.28. The molecule has 1 aliphatic rings. The highest BCUT2D eigenvalue weighted by molar-refractivity contribution is 6.31. The van der Waals surface area contributed by atoms with Gasteiger partial charge >= 0.3 is 5.97 Å². The third kappa shape index (κ3) is 4.96. The SMILES string of the molecule is NCCc1cn(CC(=O)N2CCC[C@H]2C(=O)O)c2ccc(OCc3ccc(F)cc3Cl)cc12. The first-order chi connectivity index (χ1) is 15.9. The lowest BCUT2D eigenvalue weighted by Crippen LogP contribution is -2.41. The van der Waals surface area contributed by atoms with Gasteiger partial charge in [-0.25, -0.2) is 9.18 Å². The van der Waals surface area contributed by atoms with Gasteiger partial charge in [-0.05, 0) is 61.7 Å². The number of fused-ring (bicyclic) bond motifs is 1. The molecular formula is C24H25ClFN3O4. The van der Waals surface area contributed by atoms with Crippen LogP contribution in [0, 0.1) is 5.82 Å². The maximum atomic E-state index is 13.3. The first-order valence-electron chi connectivity index (χ1n) is 10.8. The van der Waals surface area contributed by atoms with E-state index in [9.17, 15) is 19.1 Å². The van der Waals surface area contributed by atoms with Crippen molar-refractivity contribution >= 4 is 34.4 Å². The Morgan fingerprint density at radius 3 is 2.76 bits per heavy atom. The number of aliphatic carboxylic acids is 1. The van der Waals surface area contributed by atoms with Crippen LogP contribution in [0.1, 0.15) is 24.0 Å². The normalized spacial score (nSPS) is 15.8. The van der Waals surface area contributed by atoms with Crippen molar-refractivity contribution in [1.29, 1.82) is 0 Å². The molecule has 0 bridgehead atoms. The molecule has 2 aromatic carbocycles. The lowest BCUT2D eigenvalue weighted by Gasteiger charge is -2.21. The number of carbonyl (C=O) groups excluding carboxylic acids is 1. The Hall–Kier alpha value is -3.10. The molecule has 33 heavy (non-hydrogen) atoms. The molecule has 1 atom stereocenters. The summed E-state index contributed by atoms with van der Waals surface area (Å²) in [5.41, 5.74) is 8.27. The fraction of sp³-hybridized carbons (Fsp3) is 0.333. The van der Waals surface area contributed by atoms with Gasteiger partial charge in [0.15, 0.2) is 0 Å². The number of hydrogen-bond donors (Lipinski definition) is 2. The molecule has 0 aliphatic carbocycles. The van der Waals surface area contributed by atoms with Gasteiger partial charge in [0.1, 0.15) is 30.8 Å². The van der Waals surface area contributed by atoms with E-state index in [-0.39, 0.29) is 19.1 Å². The summed E-state index contributed by atoms with van der Waals surface area (Å²) >= 11 is 6.08. The average Bonchev–Trinajstić information content (AvgIpc) is 3.39. The van der Waals surface area contributed by atoms with Crippen molar-refractivity contribution in [3.63, 3.8) is 0 Å². The van der Waals surface area contributed by atoms with Gasteiger partial charge in [0.2, 0.25) is 5.91 Å². The Bertz CT molecular complexity index is 1200. The molecule has 1 aliphatic heterocycles. The van der Waals surface area contributed by atoms with Crippen LogP contribution in [0.15, 0.2) is 42.6 Å². The third-order valence-electron chi connectivity index (χ3n) is 5.92. The van der Waals surface area contributed by atoms with Gasteiger partial charge in [0.05, 0.1) is 5.02 Å². The van der Waals surface area contributed by atoms with Crippen molar-refractivity contribution in [3.05, 3.63) is 64.6 Å². The number of aromatic nitrogens is 1.